The molecule has 2 heterocycles. The largest absolute Gasteiger partial charge is 0.342 e. The van der Waals surface area contributed by atoms with E-state index in [1.807, 2.05) is 46.2 Å². The molecule has 192 valence electrons. The number of para-hydroxylation sites is 1. The predicted octanol–water partition coefficient (Wildman–Crippen LogP) is 5.15. The monoisotopic (exact) mass is 491 g/mol. The van der Waals surface area contributed by atoms with Gasteiger partial charge < -0.3 is 9.80 Å². The molecule has 2 aromatic carbocycles. The van der Waals surface area contributed by atoms with Gasteiger partial charge in [0.05, 0.1) is 12.0 Å². The average Bonchev–Trinajstić information content (AvgIpc) is 3.41. The molecule has 1 aliphatic carbocycles. The van der Waals surface area contributed by atoms with Gasteiger partial charge in [0.15, 0.2) is 0 Å². The van der Waals surface area contributed by atoms with Crippen molar-refractivity contribution in [1.82, 2.24) is 9.80 Å². The van der Waals surface area contributed by atoms with Crippen LogP contribution in [0.15, 0.2) is 54.6 Å². The summed E-state index contributed by atoms with van der Waals surface area (Å²) in [6.45, 7) is 3.61. The molecular formula is C30H38FN3O2. The summed E-state index contributed by atoms with van der Waals surface area (Å²) in [5, 5.41) is 0. The molecule has 2 aromatic rings. The second kappa shape index (κ2) is 11.1. The van der Waals surface area contributed by atoms with Crippen molar-refractivity contribution in [3.8, 4) is 0 Å². The fraction of sp³-hybridized carbons (Fsp3) is 0.533. The van der Waals surface area contributed by atoms with Crippen molar-refractivity contribution in [3.05, 3.63) is 66.0 Å². The number of likely N-dealkylation sites (tertiary alicyclic amines) is 2. The summed E-state index contributed by atoms with van der Waals surface area (Å²) in [7, 11) is 0. The second-order valence-corrected chi connectivity index (χ2v) is 10.7. The predicted molar refractivity (Wildman–Crippen MR) is 140 cm³/mol. The summed E-state index contributed by atoms with van der Waals surface area (Å²) < 4.78 is 14.8. The van der Waals surface area contributed by atoms with E-state index in [4.69, 9.17) is 0 Å². The smallest absolute Gasteiger partial charge is 0.241 e. The minimum atomic E-state index is -0.749. The number of rotatable bonds is 6. The number of amides is 2. The van der Waals surface area contributed by atoms with Crippen LogP contribution in [0.4, 0.5) is 10.1 Å². The molecule has 0 spiro atoms. The molecule has 3 aliphatic rings. The highest BCUT2D eigenvalue weighted by molar-refractivity contribution is 5.95. The van der Waals surface area contributed by atoms with E-state index in [-0.39, 0.29) is 23.7 Å². The van der Waals surface area contributed by atoms with E-state index in [0.717, 1.165) is 57.3 Å². The molecule has 3 fully saturated rings. The number of hydrogen-bond acceptors (Lipinski definition) is 3. The van der Waals surface area contributed by atoms with Gasteiger partial charge in [-0.15, -0.1) is 0 Å². The van der Waals surface area contributed by atoms with E-state index in [1.165, 1.54) is 12.5 Å². The van der Waals surface area contributed by atoms with Gasteiger partial charge in [-0.05, 0) is 69.8 Å². The molecule has 0 radical (unpaired) electrons. The van der Waals surface area contributed by atoms with Crippen molar-refractivity contribution in [2.24, 2.45) is 0 Å². The van der Waals surface area contributed by atoms with Crippen LogP contribution in [0, 0.1) is 5.82 Å². The number of benzene rings is 2. The Morgan fingerprint density at radius 1 is 0.833 bits per heavy atom. The Morgan fingerprint density at radius 2 is 1.47 bits per heavy atom. The normalized spacial score (nSPS) is 20.9. The Kier molecular flexibility index (Phi) is 7.70. The molecule has 0 N–H and O–H groups in total. The van der Waals surface area contributed by atoms with Crippen molar-refractivity contribution in [1.29, 1.82) is 0 Å². The van der Waals surface area contributed by atoms with E-state index in [2.05, 4.69) is 4.90 Å². The number of halogens is 1. The first-order valence-electron chi connectivity index (χ1n) is 13.7. The van der Waals surface area contributed by atoms with Crippen LogP contribution in [-0.4, -0.2) is 60.4 Å². The third-order valence-electron chi connectivity index (χ3n) is 8.48. The van der Waals surface area contributed by atoms with E-state index >= 15 is 0 Å². The van der Waals surface area contributed by atoms with E-state index in [0.29, 0.717) is 38.0 Å². The van der Waals surface area contributed by atoms with Gasteiger partial charge in [0.25, 0.3) is 0 Å². The van der Waals surface area contributed by atoms with Gasteiger partial charge in [-0.25, -0.2) is 4.39 Å². The average molecular weight is 492 g/mol. The van der Waals surface area contributed by atoms with Crippen LogP contribution in [0.1, 0.15) is 63.4 Å². The van der Waals surface area contributed by atoms with Gasteiger partial charge in [-0.2, -0.15) is 0 Å². The molecule has 5 rings (SSSR count). The van der Waals surface area contributed by atoms with Crippen LogP contribution >= 0.6 is 0 Å². The van der Waals surface area contributed by atoms with Gasteiger partial charge in [0.2, 0.25) is 11.8 Å². The fourth-order valence-electron chi connectivity index (χ4n) is 6.59. The zero-order valence-electron chi connectivity index (χ0n) is 21.2. The first-order valence-corrected chi connectivity index (χ1v) is 13.7. The van der Waals surface area contributed by atoms with Crippen LogP contribution in [0.2, 0.25) is 0 Å². The maximum atomic E-state index is 14.8. The third kappa shape index (κ3) is 5.06. The van der Waals surface area contributed by atoms with Crippen LogP contribution < -0.4 is 4.90 Å². The van der Waals surface area contributed by atoms with Gasteiger partial charge in [0, 0.05) is 30.4 Å². The summed E-state index contributed by atoms with van der Waals surface area (Å²) in [5.74, 6) is -0.0675. The lowest BCUT2D eigenvalue weighted by atomic mass is 9.76. The molecular weight excluding hydrogens is 453 g/mol. The maximum absolute atomic E-state index is 14.8. The number of anilines is 1. The number of carbonyl (C=O) groups is 2. The molecule has 0 aromatic heterocycles. The summed E-state index contributed by atoms with van der Waals surface area (Å²) in [6, 6.07) is 16.8. The van der Waals surface area contributed by atoms with Gasteiger partial charge in [-0.1, -0.05) is 55.7 Å². The Bertz CT molecular complexity index is 1040. The highest BCUT2D eigenvalue weighted by Gasteiger charge is 2.47. The van der Waals surface area contributed by atoms with Gasteiger partial charge >= 0.3 is 0 Å². The lowest BCUT2D eigenvalue weighted by Crippen LogP contribution is -2.54. The Hall–Kier alpha value is -2.73. The van der Waals surface area contributed by atoms with E-state index in [9.17, 15) is 14.0 Å². The highest BCUT2D eigenvalue weighted by atomic mass is 19.1. The molecule has 1 saturated carbocycles. The third-order valence-corrected chi connectivity index (χ3v) is 8.48. The van der Waals surface area contributed by atoms with E-state index in [1.54, 1.807) is 12.1 Å². The van der Waals surface area contributed by atoms with Crippen molar-refractivity contribution < 1.29 is 14.0 Å². The van der Waals surface area contributed by atoms with E-state index < -0.39 is 5.41 Å². The van der Waals surface area contributed by atoms with Crippen molar-refractivity contribution in [3.63, 3.8) is 0 Å². The number of carbonyl (C=O) groups excluding carboxylic acids is 2. The van der Waals surface area contributed by atoms with Gasteiger partial charge in [0.1, 0.15) is 5.82 Å². The Morgan fingerprint density at radius 3 is 2.14 bits per heavy atom. The minimum absolute atomic E-state index is 0.0572. The SMILES string of the molecule is O=C(CN1CCCCC1)N(c1ccccc1)C1CCN(C(=O)C2(c3ccccc3F)CCCC2)CC1. The minimum Gasteiger partial charge on any atom is -0.342 e. The zero-order valence-corrected chi connectivity index (χ0v) is 21.2. The molecule has 6 heteroatoms. The maximum Gasteiger partial charge on any atom is 0.241 e. The second-order valence-electron chi connectivity index (χ2n) is 10.7. The van der Waals surface area contributed by atoms with Crippen LogP contribution in [0.25, 0.3) is 0 Å². The standard InChI is InChI=1S/C30H38FN3O2/c31-27-14-6-5-13-26(27)30(17-7-8-18-30)29(36)33-21-15-25(16-22-33)34(24-11-3-1-4-12-24)28(35)23-32-19-9-2-10-20-32/h1,3-6,11-14,25H,2,7-10,15-23H2. The molecule has 0 bridgehead atoms. The lowest BCUT2D eigenvalue weighted by Gasteiger charge is -2.42. The highest BCUT2D eigenvalue weighted by Crippen LogP contribution is 2.44. The summed E-state index contributed by atoms with van der Waals surface area (Å²) in [5.41, 5.74) is 0.738. The Balaban J connectivity index is 1.31. The first kappa shape index (κ1) is 24.9. The summed E-state index contributed by atoms with van der Waals surface area (Å²) in [6.07, 6.45) is 8.33. The fourth-order valence-corrected chi connectivity index (χ4v) is 6.59. The molecule has 2 saturated heterocycles. The zero-order chi connectivity index (χ0) is 25.0. The van der Waals surface area contributed by atoms with Crippen molar-refractivity contribution >= 4 is 17.5 Å². The Labute approximate surface area is 214 Å². The molecule has 0 atom stereocenters. The lowest BCUT2D eigenvalue weighted by molar-refractivity contribution is -0.138. The summed E-state index contributed by atoms with van der Waals surface area (Å²) in [4.78, 5) is 33.7. The van der Waals surface area contributed by atoms with Crippen LogP contribution in [0.5, 0.6) is 0 Å². The first-order chi connectivity index (χ1) is 17.6. The van der Waals surface area contributed by atoms with Crippen molar-refractivity contribution in [2.45, 2.75) is 69.2 Å². The molecule has 36 heavy (non-hydrogen) atoms. The summed E-state index contributed by atoms with van der Waals surface area (Å²) >= 11 is 0. The number of piperidine rings is 2. The number of hydrogen-bond donors (Lipinski definition) is 0. The number of nitrogens with zero attached hydrogens (tertiary/aromatic N) is 3. The van der Waals surface area contributed by atoms with Gasteiger partial charge in [-0.3, -0.25) is 14.5 Å². The topological polar surface area (TPSA) is 43.9 Å². The van der Waals surface area contributed by atoms with Crippen LogP contribution in [0.3, 0.4) is 0 Å². The molecule has 2 aliphatic heterocycles. The molecule has 0 unspecified atom stereocenters. The molecule has 2 amide bonds. The van der Waals surface area contributed by atoms with Crippen LogP contribution in [-0.2, 0) is 15.0 Å². The quantitative estimate of drug-likeness (QED) is 0.562. The molecule has 5 nitrogen and oxygen atoms in total. The van der Waals surface area contributed by atoms with Crippen molar-refractivity contribution in [2.75, 3.05) is 37.6 Å².